The van der Waals surface area contributed by atoms with Gasteiger partial charge in [-0.05, 0) is 37.5 Å². The molecule has 0 N–H and O–H groups in total. The third kappa shape index (κ3) is 3.62. The molecule has 0 amide bonds. The van der Waals surface area contributed by atoms with Crippen molar-refractivity contribution in [3.05, 3.63) is 64.8 Å². The largest absolute Gasteiger partial charge is 0.460 e. The highest BCUT2D eigenvalue weighted by molar-refractivity contribution is 5.95. The SMILES string of the molecule is CC(=O)c1cc(C(=C=Cc2ccccc2)C(C)C)oc1C. The summed E-state index contributed by atoms with van der Waals surface area (Å²) in [5, 5.41) is 0. The maximum atomic E-state index is 11.6. The lowest BCUT2D eigenvalue weighted by molar-refractivity contribution is 0.101. The average molecular weight is 280 g/mol. The summed E-state index contributed by atoms with van der Waals surface area (Å²) in [7, 11) is 0. The van der Waals surface area contributed by atoms with E-state index in [-0.39, 0.29) is 11.7 Å². The number of ketones is 1. The van der Waals surface area contributed by atoms with Crippen LogP contribution in [0.1, 0.15) is 48.2 Å². The number of hydrogen-bond donors (Lipinski definition) is 0. The Balaban J connectivity index is 2.47. The molecule has 1 heterocycles. The summed E-state index contributed by atoms with van der Waals surface area (Å²) in [6.45, 7) is 7.55. The predicted molar refractivity (Wildman–Crippen MR) is 86.1 cm³/mol. The molecule has 0 atom stereocenters. The molecule has 0 fully saturated rings. The van der Waals surface area contributed by atoms with E-state index in [1.54, 1.807) is 6.92 Å². The number of benzene rings is 1. The van der Waals surface area contributed by atoms with E-state index in [4.69, 9.17) is 4.42 Å². The number of carbonyl (C=O) groups excluding carboxylic acids is 1. The first kappa shape index (κ1) is 15.1. The van der Waals surface area contributed by atoms with Crippen LogP contribution in [-0.2, 0) is 0 Å². The van der Waals surface area contributed by atoms with Gasteiger partial charge in [-0.25, -0.2) is 0 Å². The summed E-state index contributed by atoms with van der Waals surface area (Å²) in [5.74, 6) is 1.67. The monoisotopic (exact) mass is 280 g/mol. The van der Waals surface area contributed by atoms with Crippen molar-refractivity contribution in [2.45, 2.75) is 27.7 Å². The third-order valence-corrected chi connectivity index (χ3v) is 3.33. The minimum Gasteiger partial charge on any atom is -0.460 e. The molecule has 0 unspecified atom stereocenters. The molecule has 0 bridgehead atoms. The Kier molecular flexibility index (Phi) is 4.62. The molecule has 0 spiro atoms. The first-order valence-corrected chi connectivity index (χ1v) is 7.12. The van der Waals surface area contributed by atoms with E-state index in [1.165, 1.54) is 0 Å². The summed E-state index contributed by atoms with van der Waals surface area (Å²) in [6.07, 6.45) is 1.95. The Labute approximate surface area is 125 Å². The first-order valence-electron chi connectivity index (χ1n) is 7.12. The number of carbonyl (C=O) groups is 1. The van der Waals surface area contributed by atoms with Gasteiger partial charge in [0.25, 0.3) is 0 Å². The fourth-order valence-corrected chi connectivity index (χ4v) is 2.20. The molecular weight excluding hydrogens is 260 g/mol. The van der Waals surface area contributed by atoms with E-state index in [0.717, 1.165) is 16.9 Å². The van der Waals surface area contributed by atoms with E-state index in [0.29, 0.717) is 11.3 Å². The highest BCUT2D eigenvalue weighted by atomic mass is 16.3. The van der Waals surface area contributed by atoms with E-state index in [9.17, 15) is 4.79 Å². The van der Waals surface area contributed by atoms with E-state index >= 15 is 0 Å². The molecule has 2 rings (SSSR count). The Morgan fingerprint density at radius 2 is 1.90 bits per heavy atom. The van der Waals surface area contributed by atoms with Crippen LogP contribution in [0.3, 0.4) is 0 Å². The normalized spacial score (nSPS) is 10.3. The minimum absolute atomic E-state index is 0.0256. The van der Waals surface area contributed by atoms with Gasteiger partial charge in [-0.1, -0.05) is 44.2 Å². The second-order valence-corrected chi connectivity index (χ2v) is 5.40. The Morgan fingerprint density at radius 3 is 2.43 bits per heavy atom. The molecule has 2 nitrogen and oxygen atoms in total. The topological polar surface area (TPSA) is 30.2 Å². The molecule has 2 heteroatoms. The maximum Gasteiger partial charge on any atom is 0.163 e. The summed E-state index contributed by atoms with van der Waals surface area (Å²) in [4.78, 5) is 11.6. The third-order valence-electron chi connectivity index (χ3n) is 3.33. The van der Waals surface area contributed by atoms with E-state index in [2.05, 4.69) is 19.6 Å². The number of furan rings is 1. The van der Waals surface area contributed by atoms with Crippen LogP contribution in [0.15, 0.2) is 46.5 Å². The fraction of sp³-hybridized carbons (Fsp3) is 0.263. The van der Waals surface area contributed by atoms with E-state index < -0.39 is 0 Å². The molecule has 21 heavy (non-hydrogen) atoms. The van der Waals surface area contributed by atoms with Crippen LogP contribution in [0.25, 0.3) is 11.6 Å². The second-order valence-electron chi connectivity index (χ2n) is 5.40. The Hall–Kier alpha value is -2.31. The van der Waals surface area contributed by atoms with Gasteiger partial charge in [-0.15, -0.1) is 5.73 Å². The summed E-state index contributed by atoms with van der Waals surface area (Å²) in [6, 6.07) is 11.8. The summed E-state index contributed by atoms with van der Waals surface area (Å²) >= 11 is 0. The fourth-order valence-electron chi connectivity index (χ4n) is 2.20. The molecular formula is C19H20O2. The van der Waals surface area contributed by atoms with Gasteiger partial charge in [0.2, 0.25) is 0 Å². The molecule has 108 valence electrons. The van der Waals surface area contributed by atoms with Crippen molar-refractivity contribution in [1.82, 2.24) is 0 Å². The molecule has 1 aromatic carbocycles. The van der Waals surface area contributed by atoms with Crippen LogP contribution in [0, 0.1) is 12.8 Å². The second kappa shape index (κ2) is 6.43. The minimum atomic E-state index is 0.0256. The summed E-state index contributed by atoms with van der Waals surface area (Å²) < 4.78 is 5.75. The lowest BCUT2D eigenvalue weighted by Crippen LogP contribution is -1.92. The van der Waals surface area contributed by atoms with Crippen molar-refractivity contribution >= 4 is 17.4 Å². The number of Topliss-reactive ketones (excluding diaryl/α,β-unsaturated/α-hetero) is 1. The average Bonchev–Trinajstić information content (AvgIpc) is 2.82. The van der Waals surface area contributed by atoms with Crippen molar-refractivity contribution in [2.75, 3.05) is 0 Å². The van der Waals surface area contributed by atoms with Crippen molar-refractivity contribution < 1.29 is 9.21 Å². The number of allylic oxidation sites excluding steroid dienone is 1. The summed E-state index contributed by atoms with van der Waals surface area (Å²) in [5.41, 5.74) is 6.02. The Morgan fingerprint density at radius 1 is 1.24 bits per heavy atom. The van der Waals surface area contributed by atoms with Crippen molar-refractivity contribution in [3.8, 4) is 0 Å². The quantitative estimate of drug-likeness (QED) is 0.573. The smallest absolute Gasteiger partial charge is 0.163 e. The van der Waals surface area contributed by atoms with Gasteiger partial charge >= 0.3 is 0 Å². The van der Waals surface area contributed by atoms with Gasteiger partial charge < -0.3 is 4.42 Å². The van der Waals surface area contributed by atoms with Gasteiger partial charge in [0, 0.05) is 5.57 Å². The zero-order valence-corrected chi connectivity index (χ0v) is 12.9. The van der Waals surface area contributed by atoms with Crippen LogP contribution in [-0.4, -0.2) is 5.78 Å². The zero-order chi connectivity index (χ0) is 15.4. The van der Waals surface area contributed by atoms with Gasteiger partial charge in [-0.2, -0.15) is 0 Å². The molecule has 0 saturated heterocycles. The maximum absolute atomic E-state index is 11.6. The zero-order valence-electron chi connectivity index (χ0n) is 12.9. The Bertz CT molecular complexity index is 696. The molecule has 0 aliphatic carbocycles. The van der Waals surface area contributed by atoms with Crippen LogP contribution in [0.2, 0.25) is 0 Å². The molecule has 0 radical (unpaired) electrons. The highest BCUT2D eigenvalue weighted by Crippen LogP contribution is 2.27. The van der Waals surface area contributed by atoms with Crippen molar-refractivity contribution in [3.63, 3.8) is 0 Å². The van der Waals surface area contributed by atoms with Crippen molar-refractivity contribution in [2.24, 2.45) is 5.92 Å². The standard InChI is InChI=1S/C19H20O2/c1-13(2)17(11-10-16-8-6-5-7-9-16)19-12-18(14(3)20)15(4)21-19/h5-10,12-13H,1-4H3. The van der Waals surface area contributed by atoms with Crippen LogP contribution in [0.4, 0.5) is 0 Å². The molecule has 0 aliphatic rings. The first-order chi connectivity index (χ1) is 9.99. The van der Waals surface area contributed by atoms with Crippen LogP contribution in [0.5, 0.6) is 0 Å². The van der Waals surface area contributed by atoms with Crippen LogP contribution < -0.4 is 0 Å². The molecule has 2 aromatic rings. The number of aryl methyl sites for hydroxylation is 1. The van der Waals surface area contributed by atoms with Gasteiger partial charge in [0.05, 0.1) is 5.56 Å². The van der Waals surface area contributed by atoms with Crippen molar-refractivity contribution in [1.29, 1.82) is 0 Å². The highest BCUT2D eigenvalue weighted by Gasteiger charge is 2.16. The van der Waals surface area contributed by atoms with Gasteiger partial charge in [0.1, 0.15) is 11.5 Å². The number of hydrogen-bond acceptors (Lipinski definition) is 2. The molecule has 0 saturated carbocycles. The number of rotatable bonds is 4. The van der Waals surface area contributed by atoms with Crippen LogP contribution >= 0.6 is 0 Å². The predicted octanol–water partition coefficient (Wildman–Crippen LogP) is 5.14. The molecule has 1 aromatic heterocycles. The van der Waals surface area contributed by atoms with Gasteiger partial charge in [-0.3, -0.25) is 4.79 Å². The lowest BCUT2D eigenvalue weighted by atomic mass is 10.0. The van der Waals surface area contributed by atoms with Gasteiger partial charge in [0.15, 0.2) is 5.78 Å². The van der Waals surface area contributed by atoms with E-state index in [1.807, 2.05) is 49.4 Å². The lowest BCUT2D eigenvalue weighted by Gasteiger charge is -2.04. The molecule has 0 aliphatic heterocycles.